The molecular formula is C29H34O4S. The SMILES string of the molecule is C=CC(=O)OC(C)(C)CC(C)(C)Oc1ccc2cc(-c3ccc(CC)cc3CC)c(=O)sc2c1. The van der Waals surface area contributed by atoms with Crippen LogP contribution in [0.4, 0.5) is 0 Å². The molecule has 1 heterocycles. The van der Waals surface area contributed by atoms with E-state index >= 15 is 0 Å². The van der Waals surface area contributed by atoms with Gasteiger partial charge in [0.05, 0.1) is 0 Å². The summed E-state index contributed by atoms with van der Waals surface area (Å²) in [4.78, 5) is 24.7. The van der Waals surface area contributed by atoms with Crippen molar-refractivity contribution in [2.45, 2.75) is 72.0 Å². The first-order chi connectivity index (χ1) is 16.0. The maximum absolute atomic E-state index is 13.1. The van der Waals surface area contributed by atoms with Gasteiger partial charge in [-0.1, -0.05) is 50.0 Å². The van der Waals surface area contributed by atoms with Crippen molar-refractivity contribution in [3.05, 3.63) is 75.8 Å². The largest absolute Gasteiger partial charge is 0.488 e. The van der Waals surface area contributed by atoms with Crippen LogP contribution < -0.4 is 9.48 Å². The first-order valence-electron chi connectivity index (χ1n) is 11.7. The molecular weight excluding hydrogens is 444 g/mol. The van der Waals surface area contributed by atoms with Gasteiger partial charge in [-0.2, -0.15) is 0 Å². The number of carbonyl (C=O) groups excluding carboxylic acids is 1. The summed E-state index contributed by atoms with van der Waals surface area (Å²) in [5.74, 6) is 0.218. The molecule has 0 spiro atoms. The average Bonchev–Trinajstić information content (AvgIpc) is 2.76. The van der Waals surface area contributed by atoms with Crippen molar-refractivity contribution in [2.75, 3.05) is 0 Å². The lowest BCUT2D eigenvalue weighted by molar-refractivity contribution is -0.154. The lowest BCUT2D eigenvalue weighted by Gasteiger charge is -2.34. The molecule has 0 N–H and O–H groups in total. The van der Waals surface area contributed by atoms with Crippen molar-refractivity contribution < 1.29 is 14.3 Å². The molecule has 4 nitrogen and oxygen atoms in total. The molecule has 1 aromatic heterocycles. The lowest BCUT2D eigenvalue weighted by atomic mass is 9.92. The number of carbonyl (C=O) groups is 1. The van der Waals surface area contributed by atoms with E-state index in [1.807, 2.05) is 52.0 Å². The number of ether oxygens (including phenoxy) is 2. The summed E-state index contributed by atoms with van der Waals surface area (Å²) in [6.07, 6.45) is 3.51. The average molecular weight is 479 g/mol. The van der Waals surface area contributed by atoms with Crippen LogP contribution in [0, 0.1) is 0 Å². The Kier molecular flexibility index (Phi) is 7.67. The number of rotatable bonds is 9. The van der Waals surface area contributed by atoms with Gasteiger partial charge in [-0.3, -0.25) is 4.79 Å². The minimum Gasteiger partial charge on any atom is -0.488 e. The molecule has 0 saturated carbocycles. The van der Waals surface area contributed by atoms with Gasteiger partial charge in [0, 0.05) is 22.8 Å². The molecule has 0 bridgehead atoms. The molecule has 34 heavy (non-hydrogen) atoms. The highest BCUT2D eigenvalue weighted by atomic mass is 32.1. The van der Waals surface area contributed by atoms with Crippen molar-refractivity contribution >= 4 is 27.4 Å². The van der Waals surface area contributed by atoms with Gasteiger partial charge in [0.1, 0.15) is 17.0 Å². The number of aryl methyl sites for hydroxylation is 2. The Morgan fingerprint density at radius 1 is 0.971 bits per heavy atom. The maximum atomic E-state index is 13.1. The smallest absolute Gasteiger partial charge is 0.330 e. The van der Waals surface area contributed by atoms with E-state index < -0.39 is 17.2 Å². The highest BCUT2D eigenvalue weighted by Crippen LogP contribution is 2.33. The summed E-state index contributed by atoms with van der Waals surface area (Å²) < 4.78 is 12.6. The van der Waals surface area contributed by atoms with Gasteiger partial charge in [0.2, 0.25) is 4.74 Å². The fourth-order valence-electron chi connectivity index (χ4n) is 4.50. The van der Waals surface area contributed by atoms with Crippen molar-refractivity contribution in [1.29, 1.82) is 0 Å². The first-order valence-corrected chi connectivity index (χ1v) is 12.5. The van der Waals surface area contributed by atoms with Crippen LogP contribution in [0.3, 0.4) is 0 Å². The summed E-state index contributed by atoms with van der Waals surface area (Å²) in [5.41, 5.74) is 2.93. The second-order valence-corrected chi connectivity index (χ2v) is 10.8. The van der Waals surface area contributed by atoms with E-state index in [1.54, 1.807) is 0 Å². The van der Waals surface area contributed by atoms with Gasteiger partial charge in [-0.05, 0) is 86.9 Å². The molecule has 0 atom stereocenters. The molecule has 2 aromatic carbocycles. The van der Waals surface area contributed by atoms with Crippen LogP contribution in [0.1, 0.15) is 59.1 Å². The summed E-state index contributed by atoms with van der Waals surface area (Å²) in [6.45, 7) is 15.3. The number of hydrogen-bond acceptors (Lipinski definition) is 5. The molecule has 0 aliphatic rings. The Hall–Kier alpha value is -2.92. The fraction of sp³-hybridized carbons (Fsp3) is 0.379. The standard InChI is InChI=1S/C29H34O4S/c1-8-19-11-14-23(20(9-2)15-19)24-16-21-12-13-22(17-25(21)34-27(24)31)32-28(4,5)18-29(6,7)33-26(30)10-3/h10-17H,3,8-9,18H2,1-2,4-7H3. The predicted octanol–water partition coefficient (Wildman–Crippen LogP) is 7.11. The highest BCUT2D eigenvalue weighted by Gasteiger charge is 2.33. The van der Waals surface area contributed by atoms with Crippen LogP contribution in [-0.2, 0) is 22.4 Å². The molecule has 5 heteroatoms. The Labute approximate surface area is 206 Å². The van der Waals surface area contributed by atoms with Crippen molar-refractivity contribution in [3.8, 4) is 16.9 Å². The monoisotopic (exact) mass is 478 g/mol. The number of benzene rings is 2. The minimum atomic E-state index is -0.713. The second-order valence-electron chi connectivity index (χ2n) is 9.77. The van der Waals surface area contributed by atoms with Gasteiger partial charge in [0.15, 0.2) is 0 Å². The van der Waals surface area contributed by atoms with E-state index in [4.69, 9.17) is 9.47 Å². The molecule has 0 radical (unpaired) electrons. The summed E-state index contributed by atoms with van der Waals surface area (Å²) in [7, 11) is 0. The van der Waals surface area contributed by atoms with Gasteiger partial charge in [-0.15, -0.1) is 0 Å². The second kappa shape index (κ2) is 10.1. The zero-order valence-electron chi connectivity index (χ0n) is 21.0. The topological polar surface area (TPSA) is 52.6 Å². The van der Waals surface area contributed by atoms with E-state index in [0.717, 1.165) is 40.1 Å². The van der Waals surface area contributed by atoms with Gasteiger partial charge >= 0.3 is 5.97 Å². The molecule has 0 amide bonds. The van der Waals surface area contributed by atoms with Crippen molar-refractivity contribution in [2.24, 2.45) is 0 Å². The summed E-state index contributed by atoms with van der Waals surface area (Å²) in [6, 6.07) is 14.2. The lowest BCUT2D eigenvalue weighted by Crippen LogP contribution is -2.40. The zero-order chi connectivity index (χ0) is 25.1. The summed E-state index contributed by atoms with van der Waals surface area (Å²) >= 11 is 1.24. The van der Waals surface area contributed by atoms with E-state index in [0.29, 0.717) is 12.2 Å². The minimum absolute atomic E-state index is 0.0420. The normalized spacial score (nSPS) is 11.9. The number of fused-ring (bicyclic) bond motifs is 1. The Balaban J connectivity index is 1.89. The van der Waals surface area contributed by atoms with E-state index in [2.05, 4.69) is 38.6 Å². The zero-order valence-corrected chi connectivity index (χ0v) is 21.8. The third kappa shape index (κ3) is 6.15. The van der Waals surface area contributed by atoms with Crippen LogP contribution in [-0.4, -0.2) is 17.2 Å². The molecule has 0 aliphatic carbocycles. The quantitative estimate of drug-likeness (QED) is 0.243. The molecule has 0 unspecified atom stereocenters. The van der Waals surface area contributed by atoms with Crippen LogP contribution >= 0.6 is 11.3 Å². The highest BCUT2D eigenvalue weighted by molar-refractivity contribution is 7.16. The molecule has 180 valence electrons. The van der Waals surface area contributed by atoms with Crippen molar-refractivity contribution in [1.82, 2.24) is 0 Å². The van der Waals surface area contributed by atoms with E-state index in [-0.39, 0.29) is 4.74 Å². The molecule has 3 aromatic rings. The van der Waals surface area contributed by atoms with Gasteiger partial charge in [-0.25, -0.2) is 4.79 Å². The van der Waals surface area contributed by atoms with Gasteiger partial charge in [0.25, 0.3) is 0 Å². The van der Waals surface area contributed by atoms with Crippen molar-refractivity contribution in [3.63, 3.8) is 0 Å². The maximum Gasteiger partial charge on any atom is 0.330 e. The third-order valence-corrected chi connectivity index (χ3v) is 6.72. The van der Waals surface area contributed by atoms with Crippen LogP contribution in [0.5, 0.6) is 5.75 Å². The van der Waals surface area contributed by atoms with Gasteiger partial charge < -0.3 is 9.47 Å². The summed E-state index contributed by atoms with van der Waals surface area (Å²) in [5, 5.41) is 1.01. The Morgan fingerprint density at radius 2 is 1.71 bits per heavy atom. The third-order valence-electron chi connectivity index (χ3n) is 5.75. The molecule has 0 fully saturated rings. The van der Waals surface area contributed by atoms with E-state index in [1.165, 1.54) is 22.5 Å². The molecule has 3 rings (SSSR count). The van der Waals surface area contributed by atoms with Crippen LogP contribution in [0.15, 0.2) is 59.9 Å². The Bertz CT molecular complexity index is 1270. The molecule has 0 saturated heterocycles. The van der Waals surface area contributed by atoms with E-state index in [9.17, 15) is 9.59 Å². The van der Waals surface area contributed by atoms with Crippen LogP contribution in [0.25, 0.3) is 21.2 Å². The predicted molar refractivity (Wildman–Crippen MR) is 142 cm³/mol. The molecule has 0 aliphatic heterocycles. The number of esters is 1. The van der Waals surface area contributed by atoms with Crippen LogP contribution in [0.2, 0.25) is 0 Å². The number of hydrogen-bond donors (Lipinski definition) is 0. The first kappa shape index (κ1) is 25.7. The fourth-order valence-corrected chi connectivity index (χ4v) is 5.39. The Morgan fingerprint density at radius 3 is 2.35 bits per heavy atom.